The molecule has 0 heterocycles. The van der Waals surface area contributed by atoms with Gasteiger partial charge in [0.2, 0.25) is 0 Å². The van der Waals surface area contributed by atoms with Crippen molar-refractivity contribution in [3.8, 4) is 11.5 Å². The van der Waals surface area contributed by atoms with E-state index in [0.29, 0.717) is 22.3 Å². The smallest absolute Gasteiger partial charge is 0.124 e. The third kappa shape index (κ3) is 2.77. The van der Waals surface area contributed by atoms with Gasteiger partial charge in [-0.25, -0.2) is 0 Å². The number of aromatic hydroxyl groups is 2. The standard InChI is InChI=1S/C20H16N2O2/c21-19(15-9-3-5-11-17(15)23)13-7-1-2-8-14(13)20(22)16-10-4-6-12-18(16)24/h1-12,21-24H. The molecule has 118 valence electrons. The Bertz CT molecular complexity index is 856. The summed E-state index contributed by atoms with van der Waals surface area (Å²) in [6, 6.07) is 20.3. The molecule has 0 radical (unpaired) electrons. The third-order valence-corrected chi connectivity index (χ3v) is 3.81. The van der Waals surface area contributed by atoms with E-state index in [1.807, 2.05) is 0 Å². The van der Waals surface area contributed by atoms with E-state index in [9.17, 15) is 10.2 Å². The molecule has 3 rings (SSSR count). The van der Waals surface area contributed by atoms with E-state index < -0.39 is 0 Å². The average molecular weight is 316 g/mol. The van der Waals surface area contributed by atoms with E-state index in [4.69, 9.17) is 10.8 Å². The zero-order valence-corrected chi connectivity index (χ0v) is 12.8. The molecule has 0 fully saturated rings. The minimum Gasteiger partial charge on any atom is -0.507 e. The number of hydrogen-bond donors (Lipinski definition) is 4. The summed E-state index contributed by atoms with van der Waals surface area (Å²) in [6.45, 7) is 0. The molecule has 3 aromatic carbocycles. The molecule has 4 heteroatoms. The van der Waals surface area contributed by atoms with Crippen LogP contribution in [0.3, 0.4) is 0 Å². The highest BCUT2D eigenvalue weighted by atomic mass is 16.3. The van der Waals surface area contributed by atoms with Gasteiger partial charge in [-0.05, 0) is 24.3 Å². The molecular formula is C20H16N2O2. The van der Waals surface area contributed by atoms with Crippen LogP contribution >= 0.6 is 0 Å². The highest BCUT2D eigenvalue weighted by Crippen LogP contribution is 2.25. The van der Waals surface area contributed by atoms with Gasteiger partial charge in [0.25, 0.3) is 0 Å². The van der Waals surface area contributed by atoms with E-state index >= 15 is 0 Å². The molecule has 0 saturated heterocycles. The lowest BCUT2D eigenvalue weighted by atomic mass is 9.92. The lowest BCUT2D eigenvalue weighted by Crippen LogP contribution is -2.11. The van der Waals surface area contributed by atoms with Gasteiger partial charge in [-0.15, -0.1) is 0 Å². The number of hydrogen-bond acceptors (Lipinski definition) is 4. The van der Waals surface area contributed by atoms with Gasteiger partial charge in [-0.1, -0.05) is 48.5 Å². The number of benzene rings is 3. The van der Waals surface area contributed by atoms with E-state index in [1.54, 1.807) is 60.7 Å². The first-order valence-electron chi connectivity index (χ1n) is 7.43. The van der Waals surface area contributed by atoms with Gasteiger partial charge in [0.15, 0.2) is 0 Å². The van der Waals surface area contributed by atoms with Crippen LogP contribution in [0.1, 0.15) is 22.3 Å². The monoisotopic (exact) mass is 316 g/mol. The van der Waals surface area contributed by atoms with E-state index in [2.05, 4.69) is 0 Å². The summed E-state index contributed by atoms with van der Waals surface area (Å²) in [6.07, 6.45) is 0. The first kappa shape index (κ1) is 15.5. The van der Waals surface area contributed by atoms with Crippen LogP contribution in [0.15, 0.2) is 72.8 Å². The fourth-order valence-electron chi connectivity index (χ4n) is 2.58. The van der Waals surface area contributed by atoms with E-state index in [-0.39, 0.29) is 22.9 Å². The van der Waals surface area contributed by atoms with Crippen LogP contribution in [-0.2, 0) is 0 Å². The second-order valence-corrected chi connectivity index (χ2v) is 5.33. The highest BCUT2D eigenvalue weighted by Gasteiger charge is 2.17. The minimum atomic E-state index is 0.0198. The molecule has 0 amide bonds. The van der Waals surface area contributed by atoms with Gasteiger partial charge in [0, 0.05) is 22.3 Å². The Morgan fingerprint density at radius 1 is 0.500 bits per heavy atom. The maximum Gasteiger partial charge on any atom is 0.124 e. The Morgan fingerprint density at radius 2 is 0.792 bits per heavy atom. The van der Waals surface area contributed by atoms with Gasteiger partial charge in [-0.3, -0.25) is 10.8 Å². The summed E-state index contributed by atoms with van der Waals surface area (Å²) >= 11 is 0. The van der Waals surface area contributed by atoms with Gasteiger partial charge < -0.3 is 10.2 Å². The van der Waals surface area contributed by atoms with Crippen molar-refractivity contribution in [3.63, 3.8) is 0 Å². The van der Waals surface area contributed by atoms with Crippen molar-refractivity contribution < 1.29 is 10.2 Å². The predicted octanol–water partition coefficient (Wildman–Crippen LogP) is 3.93. The van der Waals surface area contributed by atoms with Crippen molar-refractivity contribution in [3.05, 3.63) is 95.1 Å². The first-order chi connectivity index (χ1) is 11.6. The lowest BCUT2D eigenvalue weighted by Gasteiger charge is -2.13. The third-order valence-electron chi connectivity index (χ3n) is 3.81. The molecule has 0 aliphatic rings. The lowest BCUT2D eigenvalue weighted by molar-refractivity contribution is 0.473. The summed E-state index contributed by atoms with van der Waals surface area (Å²) < 4.78 is 0. The van der Waals surface area contributed by atoms with Crippen LogP contribution in [0.4, 0.5) is 0 Å². The molecule has 3 aromatic rings. The maximum atomic E-state index is 10.00. The van der Waals surface area contributed by atoms with Crippen molar-refractivity contribution in [2.75, 3.05) is 0 Å². The SMILES string of the molecule is N=C(c1ccccc1O)c1ccccc1C(=N)c1ccccc1O. The molecule has 24 heavy (non-hydrogen) atoms. The Labute approximate surface area is 139 Å². The molecule has 0 aliphatic carbocycles. The number of rotatable bonds is 4. The summed E-state index contributed by atoms with van der Waals surface area (Å²) in [5.74, 6) is 0.0396. The molecule has 4 N–H and O–H groups in total. The Morgan fingerprint density at radius 3 is 1.12 bits per heavy atom. The molecule has 0 spiro atoms. The highest BCUT2D eigenvalue weighted by molar-refractivity contribution is 6.22. The average Bonchev–Trinajstić information content (AvgIpc) is 2.61. The molecule has 0 atom stereocenters. The molecular weight excluding hydrogens is 300 g/mol. The van der Waals surface area contributed by atoms with Crippen LogP contribution in [0.25, 0.3) is 0 Å². The van der Waals surface area contributed by atoms with Crippen molar-refractivity contribution in [1.29, 1.82) is 10.8 Å². The Kier molecular flexibility index (Phi) is 4.12. The zero-order chi connectivity index (χ0) is 17.1. The number of nitrogens with one attached hydrogen (secondary N) is 2. The van der Waals surface area contributed by atoms with Crippen molar-refractivity contribution in [2.24, 2.45) is 0 Å². The normalized spacial score (nSPS) is 10.3. The number of para-hydroxylation sites is 2. The van der Waals surface area contributed by atoms with E-state index in [0.717, 1.165) is 0 Å². The van der Waals surface area contributed by atoms with Crippen molar-refractivity contribution in [2.45, 2.75) is 0 Å². The molecule has 0 unspecified atom stereocenters. The van der Waals surface area contributed by atoms with Crippen LogP contribution in [0.5, 0.6) is 11.5 Å². The van der Waals surface area contributed by atoms with Crippen LogP contribution in [0, 0.1) is 10.8 Å². The van der Waals surface area contributed by atoms with Gasteiger partial charge in [0.1, 0.15) is 11.5 Å². The second-order valence-electron chi connectivity index (χ2n) is 5.33. The summed E-state index contributed by atoms with van der Waals surface area (Å²) in [7, 11) is 0. The predicted molar refractivity (Wildman–Crippen MR) is 94.5 cm³/mol. The topological polar surface area (TPSA) is 88.2 Å². The number of phenols is 2. The van der Waals surface area contributed by atoms with Crippen LogP contribution in [0.2, 0.25) is 0 Å². The molecule has 0 aromatic heterocycles. The first-order valence-corrected chi connectivity index (χ1v) is 7.43. The molecule has 0 saturated carbocycles. The van der Waals surface area contributed by atoms with Crippen molar-refractivity contribution >= 4 is 11.4 Å². The van der Waals surface area contributed by atoms with Crippen molar-refractivity contribution in [1.82, 2.24) is 0 Å². The Hall–Kier alpha value is -3.40. The number of phenolic OH excluding ortho intramolecular Hbond substituents is 2. The molecule has 0 aliphatic heterocycles. The summed E-state index contributed by atoms with van der Waals surface area (Å²) in [5.41, 5.74) is 2.09. The van der Waals surface area contributed by atoms with E-state index in [1.165, 1.54) is 12.1 Å². The van der Waals surface area contributed by atoms with Crippen LogP contribution < -0.4 is 0 Å². The summed E-state index contributed by atoms with van der Waals surface area (Å²) in [4.78, 5) is 0. The summed E-state index contributed by atoms with van der Waals surface area (Å²) in [5, 5.41) is 36.9. The van der Waals surface area contributed by atoms with Crippen LogP contribution in [-0.4, -0.2) is 21.6 Å². The maximum absolute atomic E-state index is 10.00. The fraction of sp³-hybridized carbons (Fsp3) is 0. The quantitative estimate of drug-likeness (QED) is 0.549. The minimum absolute atomic E-state index is 0.0198. The zero-order valence-electron chi connectivity index (χ0n) is 12.8. The molecule has 4 nitrogen and oxygen atoms in total. The largest absolute Gasteiger partial charge is 0.507 e. The molecule has 0 bridgehead atoms. The van der Waals surface area contributed by atoms with Gasteiger partial charge in [0.05, 0.1) is 11.4 Å². The Balaban J connectivity index is 2.09. The van der Waals surface area contributed by atoms with Gasteiger partial charge in [-0.2, -0.15) is 0 Å². The fourth-order valence-corrected chi connectivity index (χ4v) is 2.58. The second kappa shape index (κ2) is 6.38. The van der Waals surface area contributed by atoms with Gasteiger partial charge >= 0.3 is 0 Å².